The number of carbonyl (C=O) groups excluding carboxylic acids is 1. The van der Waals surface area contributed by atoms with Gasteiger partial charge in [0.05, 0.1) is 0 Å². The molecule has 0 saturated heterocycles. The SMILES string of the molecule is Cc1cc(SNc2cccc(-c3ccc(C(=O)NC(C)(C)C(=O)O)cc3)c2)c(C)cc1Cl. The van der Waals surface area contributed by atoms with Crippen LogP contribution in [-0.2, 0) is 4.79 Å². The Hall–Kier alpha value is -2.96. The molecule has 3 aromatic carbocycles. The summed E-state index contributed by atoms with van der Waals surface area (Å²) >= 11 is 7.72. The normalized spacial score (nSPS) is 11.2. The van der Waals surface area contributed by atoms with Crippen molar-refractivity contribution in [1.29, 1.82) is 0 Å². The van der Waals surface area contributed by atoms with Crippen LogP contribution >= 0.6 is 23.5 Å². The van der Waals surface area contributed by atoms with Crippen molar-refractivity contribution in [2.75, 3.05) is 4.72 Å². The second kappa shape index (κ2) is 9.67. The lowest BCUT2D eigenvalue weighted by Crippen LogP contribution is -2.49. The molecule has 0 radical (unpaired) electrons. The van der Waals surface area contributed by atoms with Gasteiger partial charge < -0.3 is 15.1 Å². The Labute approximate surface area is 197 Å². The minimum atomic E-state index is -1.34. The van der Waals surface area contributed by atoms with Gasteiger partial charge in [0.1, 0.15) is 5.54 Å². The number of carboxylic acid groups (broad SMARTS) is 1. The van der Waals surface area contributed by atoms with Crippen molar-refractivity contribution in [3.05, 3.63) is 82.4 Å². The number of halogens is 1. The van der Waals surface area contributed by atoms with Gasteiger partial charge in [-0.05, 0) is 98.3 Å². The summed E-state index contributed by atoms with van der Waals surface area (Å²) < 4.78 is 3.38. The molecule has 5 nitrogen and oxygen atoms in total. The zero-order chi connectivity index (χ0) is 23.5. The number of carboxylic acids is 1. The highest BCUT2D eigenvalue weighted by molar-refractivity contribution is 8.00. The molecule has 0 bridgehead atoms. The summed E-state index contributed by atoms with van der Waals surface area (Å²) in [6, 6.07) is 19.1. The Balaban J connectivity index is 1.72. The minimum absolute atomic E-state index is 0.404. The van der Waals surface area contributed by atoms with E-state index in [9.17, 15) is 14.7 Å². The maximum Gasteiger partial charge on any atom is 0.328 e. The van der Waals surface area contributed by atoms with Gasteiger partial charge in [-0.1, -0.05) is 35.9 Å². The fourth-order valence-corrected chi connectivity index (χ4v) is 3.99. The predicted octanol–water partition coefficient (Wildman–Crippen LogP) is 6.34. The lowest BCUT2D eigenvalue weighted by atomic mass is 10.0. The van der Waals surface area contributed by atoms with Crippen LogP contribution in [0.5, 0.6) is 0 Å². The highest BCUT2D eigenvalue weighted by atomic mass is 35.5. The van der Waals surface area contributed by atoms with Gasteiger partial charge in [-0.25, -0.2) is 4.79 Å². The van der Waals surface area contributed by atoms with E-state index in [2.05, 4.69) is 16.1 Å². The Morgan fingerprint density at radius 3 is 2.28 bits per heavy atom. The van der Waals surface area contributed by atoms with Crippen LogP contribution in [0, 0.1) is 13.8 Å². The fraction of sp³-hybridized carbons (Fsp3) is 0.200. The molecule has 1 amide bonds. The third kappa shape index (κ3) is 5.64. The van der Waals surface area contributed by atoms with Crippen molar-refractivity contribution < 1.29 is 14.7 Å². The summed E-state index contributed by atoms with van der Waals surface area (Å²) in [6.45, 7) is 6.91. The van der Waals surface area contributed by atoms with Crippen LogP contribution in [-0.4, -0.2) is 22.5 Å². The molecule has 0 aliphatic rings. The third-order valence-corrected chi connectivity index (χ3v) is 6.44. The van der Waals surface area contributed by atoms with Crippen molar-refractivity contribution in [2.45, 2.75) is 38.1 Å². The van der Waals surface area contributed by atoms with Gasteiger partial charge in [0.15, 0.2) is 0 Å². The summed E-state index contributed by atoms with van der Waals surface area (Å²) in [7, 11) is 0. The van der Waals surface area contributed by atoms with E-state index in [1.165, 1.54) is 25.8 Å². The summed E-state index contributed by atoms with van der Waals surface area (Å²) in [6.07, 6.45) is 0. The van der Waals surface area contributed by atoms with Crippen LogP contribution in [0.4, 0.5) is 5.69 Å². The zero-order valence-electron chi connectivity index (χ0n) is 18.3. The lowest BCUT2D eigenvalue weighted by molar-refractivity contribution is -0.143. The summed E-state index contributed by atoms with van der Waals surface area (Å²) in [5.74, 6) is -1.52. The van der Waals surface area contributed by atoms with Gasteiger partial charge in [-0.15, -0.1) is 0 Å². The second-order valence-electron chi connectivity index (χ2n) is 8.11. The first-order chi connectivity index (χ1) is 15.1. The molecule has 0 unspecified atom stereocenters. The fourth-order valence-electron chi connectivity index (χ4n) is 2.96. The van der Waals surface area contributed by atoms with E-state index in [0.717, 1.165) is 37.9 Å². The molecule has 3 rings (SSSR count). The van der Waals surface area contributed by atoms with Crippen LogP contribution in [0.15, 0.2) is 65.6 Å². The number of anilines is 1. The van der Waals surface area contributed by atoms with Gasteiger partial charge in [-0.3, -0.25) is 4.79 Å². The van der Waals surface area contributed by atoms with Crippen molar-refractivity contribution in [1.82, 2.24) is 5.32 Å². The van der Waals surface area contributed by atoms with Crippen molar-refractivity contribution in [2.24, 2.45) is 0 Å². The van der Waals surface area contributed by atoms with Crippen molar-refractivity contribution >= 4 is 41.1 Å². The first-order valence-corrected chi connectivity index (χ1v) is 11.2. The molecule has 166 valence electrons. The van der Waals surface area contributed by atoms with Gasteiger partial charge in [0.25, 0.3) is 5.91 Å². The minimum Gasteiger partial charge on any atom is -0.480 e. The monoisotopic (exact) mass is 468 g/mol. The highest BCUT2D eigenvalue weighted by Crippen LogP contribution is 2.30. The Morgan fingerprint density at radius 1 is 0.938 bits per heavy atom. The zero-order valence-corrected chi connectivity index (χ0v) is 19.9. The first kappa shape index (κ1) is 23.7. The van der Waals surface area contributed by atoms with Crippen LogP contribution in [0.1, 0.15) is 35.3 Å². The molecule has 3 aromatic rings. The van der Waals surface area contributed by atoms with E-state index < -0.39 is 17.4 Å². The molecule has 7 heteroatoms. The number of benzene rings is 3. The Bertz CT molecular complexity index is 1160. The lowest BCUT2D eigenvalue weighted by Gasteiger charge is -2.21. The molecule has 0 heterocycles. The number of carbonyl (C=O) groups is 2. The predicted molar refractivity (Wildman–Crippen MR) is 131 cm³/mol. The molecule has 0 aliphatic carbocycles. The molecular formula is C25H25ClN2O3S. The van der Waals surface area contributed by atoms with Crippen LogP contribution < -0.4 is 10.0 Å². The van der Waals surface area contributed by atoms with E-state index in [4.69, 9.17) is 11.6 Å². The maximum atomic E-state index is 12.4. The summed E-state index contributed by atoms with van der Waals surface area (Å²) in [5.41, 5.74) is 4.10. The maximum absolute atomic E-state index is 12.4. The smallest absolute Gasteiger partial charge is 0.328 e. The topological polar surface area (TPSA) is 78.4 Å². The molecule has 0 fully saturated rings. The van der Waals surface area contributed by atoms with E-state index in [-0.39, 0.29) is 0 Å². The molecule has 0 saturated carbocycles. The largest absolute Gasteiger partial charge is 0.480 e. The van der Waals surface area contributed by atoms with E-state index in [1.807, 2.05) is 56.3 Å². The van der Waals surface area contributed by atoms with Gasteiger partial charge in [-0.2, -0.15) is 0 Å². The van der Waals surface area contributed by atoms with Gasteiger partial charge in [0.2, 0.25) is 0 Å². The second-order valence-corrected chi connectivity index (χ2v) is 9.37. The van der Waals surface area contributed by atoms with Crippen LogP contribution in [0.2, 0.25) is 5.02 Å². The standard InChI is InChI=1S/C25H25ClN2O3S/c1-15-13-22(16(2)12-21(15)26)32-28-20-7-5-6-19(14-20)17-8-10-18(11-9-17)23(29)27-25(3,4)24(30)31/h5-14,28H,1-4H3,(H,27,29)(H,30,31). The molecule has 0 aromatic heterocycles. The molecule has 0 aliphatic heterocycles. The van der Waals surface area contributed by atoms with Gasteiger partial charge >= 0.3 is 5.97 Å². The number of hydrogen-bond donors (Lipinski definition) is 3. The van der Waals surface area contributed by atoms with E-state index in [0.29, 0.717) is 5.56 Å². The first-order valence-electron chi connectivity index (χ1n) is 10.0. The average Bonchev–Trinajstić information content (AvgIpc) is 2.75. The number of hydrogen-bond acceptors (Lipinski definition) is 4. The Morgan fingerprint density at radius 2 is 1.62 bits per heavy atom. The van der Waals surface area contributed by atoms with E-state index >= 15 is 0 Å². The molecule has 3 N–H and O–H groups in total. The number of amides is 1. The van der Waals surface area contributed by atoms with Crippen molar-refractivity contribution in [3.63, 3.8) is 0 Å². The molecule has 0 atom stereocenters. The number of aliphatic carboxylic acids is 1. The van der Waals surface area contributed by atoms with Gasteiger partial charge in [0, 0.05) is 21.2 Å². The highest BCUT2D eigenvalue weighted by Gasteiger charge is 2.29. The average molecular weight is 469 g/mol. The quantitative estimate of drug-likeness (QED) is 0.353. The third-order valence-electron chi connectivity index (χ3n) is 5.04. The van der Waals surface area contributed by atoms with E-state index in [1.54, 1.807) is 12.1 Å². The molecule has 32 heavy (non-hydrogen) atoms. The number of rotatable bonds is 7. The van der Waals surface area contributed by atoms with Crippen molar-refractivity contribution in [3.8, 4) is 11.1 Å². The molecule has 0 spiro atoms. The number of aryl methyl sites for hydroxylation is 2. The summed E-state index contributed by atoms with van der Waals surface area (Å²) in [4.78, 5) is 24.7. The Kier molecular flexibility index (Phi) is 7.16. The number of nitrogens with one attached hydrogen (secondary N) is 2. The van der Waals surface area contributed by atoms with Crippen LogP contribution in [0.25, 0.3) is 11.1 Å². The van der Waals surface area contributed by atoms with Crippen LogP contribution in [0.3, 0.4) is 0 Å². The summed E-state index contributed by atoms with van der Waals surface area (Å²) in [5, 5.41) is 12.5. The molecular weight excluding hydrogens is 444 g/mol.